The maximum absolute atomic E-state index is 13.2. The van der Waals surface area contributed by atoms with Gasteiger partial charge in [0.1, 0.15) is 6.61 Å². The number of ether oxygens (including phenoxy) is 1. The number of sulfonamides is 1. The second kappa shape index (κ2) is 11.3. The number of carbonyl (C=O) groups is 1. The van der Waals surface area contributed by atoms with Gasteiger partial charge in [-0.1, -0.05) is 58.0 Å². The lowest BCUT2D eigenvalue weighted by molar-refractivity contribution is 0.0913. The first-order chi connectivity index (χ1) is 17.6. The Labute approximate surface area is 218 Å². The molecule has 1 atom stereocenters. The average molecular weight is 523 g/mol. The fraction of sp³-hybridized carbons (Fsp3) is 0.393. The third kappa shape index (κ3) is 6.85. The molecule has 1 amide bonds. The first-order valence-corrected chi connectivity index (χ1v) is 14.1. The number of carbonyl (C=O) groups excluding carboxylic acids is 1. The van der Waals surface area contributed by atoms with Crippen LogP contribution in [-0.4, -0.2) is 36.9 Å². The number of benzene rings is 2. The van der Waals surface area contributed by atoms with Crippen molar-refractivity contribution in [3.8, 4) is 17.1 Å². The Kier molecular flexibility index (Phi) is 8.12. The number of anilines is 1. The van der Waals surface area contributed by atoms with Gasteiger partial charge in [-0.25, -0.2) is 18.1 Å². The first-order valence-electron chi connectivity index (χ1n) is 12.6. The number of nitrogens with one attached hydrogen (secondary N) is 2. The van der Waals surface area contributed by atoms with Crippen LogP contribution in [0, 0.1) is 11.8 Å². The van der Waals surface area contributed by atoms with Crippen LogP contribution in [0.4, 0.5) is 5.95 Å². The summed E-state index contributed by atoms with van der Waals surface area (Å²) in [7, 11) is -4.06. The van der Waals surface area contributed by atoms with Crippen LogP contribution in [0.25, 0.3) is 11.3 Å². The third-order valence-corrected chi connectivity index (χ3v) is 7.47. The van der Waals surface area contributed by atoms with E-state index in [1.165, 1.54) is 12.1 Å². The van der Waals surface area contributed by atoms with Gasteiger partial charge in [0.2, 0.25) is 11.8 Å². The summed E-state index contributed by atoms with van der Waals surface area (Å²) in [5, 5.41) is 2.99. The van der Waals surface area contributed by atoms with Gasteiger partial charge in [0.25, 0.3) is 15.9 Å². The van der Waals surface area contributed by atoms with Crippen molar-refractivity contribution in [1.29, 1.82) is 0 Å². The summed E-state index contributed by atoms with van der Waals surface area (Å²) in [6.07, 6.45) is 2.56. The zero-order valence-electron chi connectivity index (χ0n) is 21.7. The molecule has 37 heavy (non-hydrogen) atoms. The molecule has 0 saturated carbocycles. The standard InChI is InChI=1S/C28H34N4O4S/c1-18(2)12-13-20-8-5-6-11-24(20)25-16-26-31-28(30-25)32-37(34,35)23-10-7-9-21(15-23)27(33)29-22(17-36-26)14-19(3)4/h5-11,15-16,18-19,22H,12-14,17H2,1-4H3,(H,29,33)(H,30,31,32)/t22-/m1/s1. The molecule has 1 aliphatic heterocycles. The SMILES string of the molecule is CC(C)CCc1ccccc1-c1cc2nc(n1)NS(=O)(=O)c1cccc(c1)C(=O)N[C@H](CC(C)C)CO2. The normalized spacial score (nSPS) is 17.1. The van der Waals surface area contributed by atoms with Crippen LogP contribution < -0.4 is 14.8 Å². The van der Waals surface area contributed by atoms with Gasteiger partial charge in [-0.3, -0.25) is 4.79 Å². The molecule has 9 heteroatoms. The van der Waals surface area contributed by atoms with E-state index in [2.05, 4.69) is 53.8 Å². The second-order valence-corrected chi connectivity index (χ2v) is 11.9. The minimum Gasteiger partial charge on any atom is -0.475 e. The Morgan fingerprint density at radius 1 is 1.00 bits per heavy atom. The number of nitrogens with zero attached hydrogens (tertiary/aromatic N) is 2. The molecule has 2 heterocycles. The monoisotopic (exact) mass is 522 g/mol. The molecule has 0 aliphatic carbocycles. The lowest BCUT2D eigenvalue weighted by atomic mass is 9.97. The maximum Gasteiger partial charge on any atom is 0.264 e. The zero-order chi connectivity index (χ0) is 26.6. The minimum atomic E-state index is -4.06. The topological polar surface area (TPSA) is 110 Å². The van der Waals surface area contributed by atoms with E-state index in [0.29, 0.717) is 24.0 Å². The van der Waals surface area contributed by atoms with Crippen molar-refractivity contribution in [2.75, 3.05) is 11.3 Å². The predicted octanol–water partition coefficient (Wildman–Crippen LogP) is 5.07. The molecule has 2 N–H and O–H groups in total. The molecule has 1 aromatic heterocycles. The van der Waals surface area contributed by atoms with Crippen LogP contribution in [0.5, 0.6) is 5.88 Å². The van der Waals surface area contributed by atoms with Crippen molar-refractivity contribution in [1.82, 2.24) is 15.3 Å². The Morgan fingerprint density at radius 2 is 1.78 bits per heavy atom. The molecule has 4 rings (SSSR count). The Hall–Kier alpha value is -3.46. The fourth-order valence-electron chi connectivity index (χ4n) is 4.29. The van der Waals surface area contributed by atoms with E-state index in [1.54, 1.807) is 18.2 Å². The van der Waals surface area contributed by atoms with Crippen molar-refractivity contribution < 1.29 is 17.9 Å². The van der Waals surface area contributed by atoms with Crippen LogP contribution in [0.1, 0.15) is 56.5 Å². The molecule has 2 aromatic carbocycles. The summed E-state index contributed by atoms with van der Waals surface area (Å²) in [5.41, 5.74) is 2.83. The van der Waals surface area contributed by atoms with Gasteiger partial charge in [-0.15, -0.1) is 0 Å². The molecule has 0 saturated heterocycles. The van der Waals surface area contributed by atoms with Gasteiger partial charge in [0.05, 0.1) is 16.6 Å². The predicted molar refractivity (Wildman–Crippen MR) is 144 cm³/mol. The zero-order valence-corrected chi connectivity index (χ0v) is 22.5. The Morgan fingerprint density at radius 3 is 2.54 bits per heavy atom. The first kappa shape index (κ1) is 26.6. The summed E-state index contributed by atoms with van der Waals surface area (Å²) in [6.45, 7) is 8.68. The number of amides is 1. The van der Waals surface area contributed by atoms with E-state index < -0.39 is 10.0 Å². The largest absolute Gasteiger partial charge is 0.475 e. The maximum atomic E-state index is 13.2. The van der Waals surface area contributed by atoms with Gasteiger partial charge in [0, 0.05) is 17.2 Å². The number of rotatable bonds is 6. The summed E-state index contributed by atoms with van der Waals surface area (Å²) in [6, 6.07) is 15.3. The van der Waals surface area contributed by atoms with Gasteiger partial charge in [-0.2, -0.15) is 4.98 Å². The van der Waals surface area contributed by atoms with Crippen molar-refractivity contribution in [3.05, 3.63) is 65.7 Å². The fourth-order valence-corrected chi connectivity index (χ4v) is 5.28. The lowest BCUT2D eigenvalue weighted by Crippen LogP contribution is -2.40. The van der Waals surface area contributed by atoms with Crippen LogP contribution in [0.2, 0.25) is 0 Å². The number of aromatic nitrogens is 2. The molecule has 0 fully saturated rings. The molecular weight excluding hydrogens is 488 g/mol. The smallest absolute Gasteiger partial charge is 0.264 e. The molecule has 0 spiro atoms. The molecule has 3 aromatic rings. The van der Waals surface area contributed by atoms with E-state index in [4.69, 9.17) is 4.74 Å². The van der Waals surface area contributed by atoms with Gasteiger partial charge in [-0.05, 0) is 54.9 Å². The Bertz CT molecular complexity index is 1370. The number of fused-ring (bicyclic) bond motifs is 4. The van der Waals surface area contributed by atoms with Crippen molar-refractivity contribution in [2.24, 2.45) is 11.8 Å². The highest BCUT2D eigenvalue weighted by Gasteiger charge is 2.23. The molecule has 4 bridgehead atoms. The molecular formula is C28H34N4O4S. The van der Waals surface area contributed by atoms with Crippen LogP contribution in [0.15, 0.2) is 59.5 Å². The van der Waals surface area contributed by atoms with Crippen molar-refractivity contribution in [2.45, 2.75) is 57.9 Å². The summed E-state index contributed by atoms with van der Waals surface area (Å²) < 4.78 is 35.0. The highest BCUT2D eigenvalue weighted by Crippen LogP contribution is 2.29. The molecule has 8 nitrogen and oxygen atoms in total. The van der Waals surface area contributed by atoms with Crippen molar-refractivity contribution in [3.63, 3.8) is 0 Å². The molecule has 196 valence electrons. The summed E-state index contributed by atoms with van der Waals surface area (Å²) >= 11 is 0. The van der Waals surface area contributed by atoms with Gasteiger partial charge < -0.3 is 10.1 Å². The quantitative estimate of drug-likeness (QED) is 0.468. The minimum absolute atomic E-state index is 0.0476. The van der Waals surface area contributed by atoms with E-state index in [1.807, 2.05) is 18.2 Å². The van der Waals surface area contributed by atoms with Gasteiger partial charge in [0.15, 0.2) is 0 Å². The highest BCUT2D eigenvalue weighted by molar-refractivity contribution is 7.92. The second-order valence-electron chi connectivity index (χ2n) is 10.2. The van der Waals surface area contributed by atoms with E-state index in [9.17, 15) is 13.2 Å². The molecule has 0 radical (unpaired) electrons. The summed E-state index contributed by atoms with van der Waals surface area (Å²) in [4.78, 5) is 21.8. The van der Waals surface area contributed by atoms with Crippen LogP contribution in [-0.2, 0) is 16.4 Å². The average Bonchev–Trinajstić information content (AvgIpc) is 2.85. The van der Waals surface area contributed by atoms with Crippen molar-refractivity contribution >= 4 is 21.9 Å². The highest BCUT2D eigenvalue weighted by atomic mass is 32.2. The molecule has 1 aliphatic rings. The van der Waals surface area contributed by atoms with E-state index >= 15 is 0 Å². The molecule has 0 unspecified atom stereocenters. The number of hydrogen-bond donors (Lipinski definition) is 2. The number of aryl methyl sites for hydroxylation is 1. The van der Waals surface area contributed by atoms with Crippen LogP contribution in [0.3, 0.4) is 0 Å². The third-order valence-electron chi connectivity index (χ3n) is 6.14. The van der Waals surface area contributed by atoms with Gasteiger partial charge >= 0.3 is 0 Å². The van der Waals surface area contributed by atoms with Crippen LogP contribution >= 0.6 is 0 Å². The number of hydrogen-bond acceptors (Lipinski definition) is 6. The Balaban J connectivity index is 1.80. The lowest BCUT2D eigenvalue weighted by Gasteiger charge is -2.21. The van der Waals surface area contributed by atoms with E-state index in [0.717, 1.165) is 24.0 Å². The van der Waals surface area contributed by atoms with E-state index in [-0.39, 0.29) is 40.8 Å². The summed E-state index contributed by atoms with van der Waals surface area (Å²) in [5.74, 6) is 0.634.